The lowest BCUT2D eigenvalue weighted by atomic mass is 10.1. The largest absolute Gasteiger partial charge is 0.394 e. The Hall–Kier alpha value is -3.72. The second-order valence-corrected chi connectivity index (χ2v) is 7.13. The Balaban J connectivity index is 1.53. The first-order valence-corrected chi connectivity index (χ1v) is 10.5. The van der Waals surface area contributed by atoms with Crippen molar-refractivity contribution >= 4 is 35.4 Å². The number of benzene rings is 1. The molecule has 0 saturated heterocycles. The molecule has 9 heteroatoms. The molecule has 0 aliphatic rings. The molecule has 0 saturated carbocycles. The SMILES string of the molecule is N=CC(C=NCCO)c1cnc2ccc(NC(=O)NCCCCc3ccccc3)nc2n1. The highest BCUT2D eigenvalue weighted by molar-refractivity contribution is 5.90. The second kappa shape index (κ2) is 12.2. The summed E-state index contributed by atoms with van der Waals surface area (Å²) in [5.41, 5.74) is 2.76. The molecule has 3 rings (SSSR count). The quantitative estimate of drug-likeness (QED) is 0.272. The topological polar surface area (TPSA) is 136 Å². The van der Waals surface area contributed by atoms with Crippen LogP contribution in [0.15, 0.2) is 53.7 Å². The van der Waals surface area contributed by atoms with Crippen LogP contribution in [0.5, 0.6) is 0 Å². The van der Waals surface area contributed by atoms with E-state index >= 15 is 0 Å². The number of nitrogens with zero attached hydrogens (tertiary/aromatic N) is 4. The van der Waals surface area contributed by atoms with E-state index < -0.39 is 5.92 Å². The van der Waals surface area contributed by atoms with Gasteiger partial charge in [0.1, 0.15) is 11.3 Å². The number of aryl methyl sites for hydroxylation is 1. The number of carbonyl (C=O) groups is 1. The molecule has 1 atom stereocenters. The number of carbonyl (C=O) groups excluding carboxylic acids is 1. The van der Waals surface area contributed by atoms with Crippen molar-refractivity contribution in [3.63, 3.8) is 0 Å². The van der Waals surface area contributed by atoms with Gasteiger partial charge in [-0.15, -0.1) is 0 Å². The standard InChI is InChI=1S/C23H27N7O2/c24-14-18(15-25-12-13-31)20-16-27-19-9-10-21(29-22(19)28-20)30-23(32)26-11-5-4-8-17-6-2-1-3-7-17/h1-3,6-7,9-10,14-16,18,24,31H,4-5,8,11-13H2,(H2,26,28,29,30,32). The van der Waals surface area contributed by atoms with Crippen LogP contribution in [0.3, 0.4) is 0 Å². The Morgan fingerprint density at radius 2 is 2.00 bits per heavy atom. The smallest absolute Gasteiger partial charge is 0.320 e. The van der Waals surface area contributed by atoms with Crippen molar-refractivity contribution in [2.75, 3.05) is 25.0 Å². The first-order valence-electron chi connectivity index (χ1n) is 10.5. The van der Waals surface area contributed by atoms with E-state index in [4.69, 9.17) is 10.5 Å². The highest BCUT2D eigenvalue weighted by atomic mass is 16.3. The van der Waals surface area contributed by atoms with Crippen LogP contribution < -0.4 is 10.6 Å². The fourth-order valence-electron chi connectivity index (χ4n) is 3.05. The van der Waals surface area contributed by atoms with Gasteiger partial charge in [-0.1, -0.05) is 30.3 Å². The number of aliphatic imine (C=N–C) groups is 1. The molecule has 166 valence electrons. The van der Waals surface area contributed by atoms with Crippen LogP contribution in [-0.2, 0) is 6.42 Å². The molecule has 4 N–H and O–H groups in total. The number of fused-ring (bicyclic) bond motifs is 1. The maximum absolute atomic E-state index is 12.2. The summed E-state index contributed by atoms with van der Waals surface area (Å²) in [6.07, 6.45) is 7.17. The van der Waals surface area contributed by atoms with E-state index in [1.54, 1.807) is 24.5 Å². The molecule has 1 aromatic carbocycles. The molecule has 32 heavy (non-hydrogen) atoms. The number of unbranched alkanes of at least 4 members (excludes halogenated alkanes) is 1. The zero-order valence-corrected chi connectivity index (χ0v) is 17.7. The van der Waals surface area contributed by atoms with Crippen LogP contribution in [0.2, 0.25) is 0 Å². The fourth-order valence-corrected chi connectivity index (χ4v) is 3.05. The molecule has 2 aromatic heterocycles. The summed E-state index contributed by atoms with van der Waals surface area (Å²) in [6, 6.07) is 13.3. The number of anilines is 1. The van der Waals surface area contributed by atoms with Crippen molar-refractivity contribution in [3.8, 4) is 0 Å². The molecule has 9 nitrogen and oxygen atoms in total. The zero-order chi connectivity index (χ0) is 22.6. The lowest BCUT2D eigenvalue weighted by Crippen LogP contribution is -2.29. The second-order valence-electron chi connectivity index (χ2n) is 7.13. The third-order valence-electron chi connectivity index (χ3n) is 4.70. The van der Waals surface area contributed by atoms with E-state index in [0.717, 1.165) is 19.3 Å². The van der Waals surface area contributed by atoms with Gasteiger partial charge in [0.25, 0.3) is 0 Å². The number of rotatable bonds is 11. The van der Waals surface area contributed by atoms with Crippen LogP contribution in [-0.4, -0.2) is 58.2 Å². The summed E-state index contributed by atoms with van der Waals surface area (Å²) >= 11 is 0. The Morgan fingerprint density at radius 3 is 2.78 bits per heavy atom. The summed E-state index contributed by atoms with van der Waals surface area (Å²) in [5.74, 6) is -0.0952. The number of amides is 2. The summed E-state index contributed by atoms with van der Waals surface area (Å²) < 4.78 is 0. The van der Waals surface area contributed by atoms with E-state index in [0.29, 0.717) is 29.2 Å². The summed E-state index contributed by atoms with van der Waals surface area (Å²) in [4.78, 5) is 29.4. The molecule has 0 aliphatic heterocycles. The highest BCUT2D eigenvalue weighted by Gasteiger charge is 2.11. The van der Waals surface area contributed by atoms with Gasteiger partial charge in [-0.25, -0.2) is 14.8 Å². The average Bonchev–Trinajstić information content (AvgIpc) is 2.82. The van der Waals surface area contributed by atoms with Crippen molar-refractivity contribution in [2.45, 2.75) is 25.2 Å². The number of aliphatic hydroxyl groups is 1. The highest BCUT2D eigenvalue weighted by Crippen LogP contribution is 2.15. The van der Waals surface area contributed by atoms with Gasteiger partial charge in [0.2, 0.25) is 0 Å². The molecule has 1 unspecified atom stereocenters. The zero-order valence-electron chi connectivity index (χ0n) is 17.7. The maximum atomic E-state index is 12.2. The van der Waals surface area contributed by atoms with E-state index in [-0.39, 0.29) is 19.2 Å². The molecule has 0 fully saturated rings. The molecule has 0 bridgehead atoms. The van der Waals surface area contributed by atoms with Crippen LogP contribution in [0.1, 0.15) is 30.0 Å². The third-order valence-corrected chi connectivity index (χ3v) is 4.70. The summed E-state index contributed by atoms with van der Waals surface area (Å²) in [6.45, 7) is 0.778. The molecule has 2 amide bonds. The molecule has 2 heterocycles. The predicted octanol–water partition coefficient (Wildman–Crippen LogP) is 2.97. The van der Waals surface area contributed by atoms with Gasteiger partial charge in [0.15, 0.2) is 5.65 Å². The molecule has 0 aliphatic carbocycles. The fraction of sp³-hybridized carbons (Fsp3) is 0.304. The van der Waals surface area contributed by atoms with Crippen LogP contribution in [0, 0.1) is 5.41 Å². The summed E-state index contributed by atoms with van der Waals surface area (Å²) in [7, 11) is 0. The van der Waals surface area contributed by atoms with Gasteiger partial charge < -0.3 is 15.8 Å². The number of aromatic nitrogens is 3. The molecule has 0 spiro atoms. The number of urea groups is 1. The Morgan fingerprint density at radius 1 is 1.16 bits per heavy atom. The number of hydrogen-bond donors (Lipinski definition) is 4. The molecule has 0 radical (unpaired) electrons. The number of hydrogen-bond acceptors (Lipinski definition) is 7. The van der Waals surface area contributed by atoms with Crippen LogP contribution in [0.25, 0.3) is 11.2 Å². The van der Waals surface area contributed by atoms with Gasteiger partial charge in [-0.3, -0.25) is 15.3 Å². The minimum Gasteiger partial charge on any atom is -0.394 e. The van der Waals surface area contributed by atoms with Crippen LogP contribution >= 0.6 is 0 Å². The van der Waals surface area contributed by atoms with Crippen molar-refractivity contribution in [1.29, 1.82) is 5.41 Å². The van der Waals surface area contributed by atoms with E-state index in [1.807, 2.05) is 18.2 Å². The normalized spacial score (nSPS) is 12.0. The van der Waals surface area contributed by atoms with Crippen molar-refractivity contribution in [2.24, 2.45) is 4.99 Å². The first-order chi connectivity index (χ1) is 15.7. The third kappa shape index (κ3) is 6.92. The van der Waals surface area contributed by atoms with E-state index in [2.05, 4.69) is 42.7 Å². The van der Waals surface area contributed by atoms with E-state index in [9.17, 15) is 4.79 Å². The molecular formula is C23H27N7O2. The number of nitrogens with one attached hydrogen (secondary N) is 3. The van der Waals surface area contributed by atoms with Crippen molar-refractivity contribution in [3.05, 3.63) is 59.9 Å². The Kier molecular flexibility index (Phi) is 8.76. The van der Waals surface area contributed by atoms with Crippen LogP contribution in [0.4, 0.5) is 10.6 Å². The first kappa shape index (κ1) is 23.0. The minimum absolute atomic E-state index is 0.0592. The van der Waals surface area contributed by atoms with Gasteiger partial charge >= 0.3 is 6.03 Å². The van der Waals surface area contributed by atoms with Gasteiger partial charge in [-0.2, -0.15) is 0 Å². The minimum atomic E-state index is -0.462. The maximum Gasteiger partial charge on any atom is 0.320 e. The predicted molar refractivity (Wildman–Crippen MR) is 126 cm³/mol. The van der Waals surface area contributed by atoms with E-state index in [1.165, 1.54) is 11.8 Å². The monoisotopic (exact) mass is 433 g/mol. The van der Waals surface area contributed by atoms with Crippen molar-refractivity contribution in [1.82, 2.24) is 20.3 Å². The Labute approximate surface area is 186 Å². The molecular weight excluding hydrogens is 406 g/mol. The number of pyridine rings is 1. The lowest BCUT2D eigenvalue weighted by molar-refractivity contribution is 0.252. The van der Waals surface area contributed by atoms with Gasteiger partial charge in [0.05, 0.1) is 31.0 Å². The van der Waals surface area contributed by atoms with Crippen molar-refractivity contribution < 1.29 is 9.90 Å². The van der Waals surface area contributed by atoms with Gasteiger partial charge in [-0.05, 0) is 37.0 Å². The lowest BCUT2D eigenvalue weighted by Gasteiger charge is -2.09. The number of aliphatic hydroxyl groups excluding tert-OH is 1. The average molecular weight is 434 g/mol. The Bertz CT molecular complexity index is 1060. The molecule has 3 aromatic rings. The van der Waals surface area contributed by atoms with Gasteiger partial charge in [0, 0.05) is 19.0 Å². The summed E-state index contributed by atoms with van der Waals surface area (Å²) in [5, 5.41) is 22.0.